The van der Waals surface area contributed by atoms with E-state index in [-0.39, 0.29) is 11.1 Å². The molecule has 4 aromatic rings. The first-order chi connectivity index (χ1) is 12.1. The van der Waals surface area contributed by atoms with Crippen LogP contribution in [0.25, 0.3) is 16.7 Å². The van der Waals surface area contributed by atoms with Crippen molar-refractivity contribution >= 4 is 28.2 Å². The van der Waals surface area contributed by atoms with Gasteiger partial charge in [0.25, 0.3) is 5.56 Å². The number of benzene rings is 1. The number of aliphatic hydroxyl groups is 1. The molecule has 0 fully saturated rings. The second-order valence-electron chi connectivity index (χ2n) is 6.02. The number of fused-ring (bicyclic) bond motifs is 2. The molecule has 1 aromatic carbocycles. The van der Waals surface area contributed by atoms with Gasteiger partial charge in [0.15, 0.2) is 0 Å². The lowest BCUT2D eigenvalue weighted by Crippen LogP contribution is -2.22. The molecule has 0 atom stereocenters. The first-order valence-corrected chi connectivity index (χ1v) is 7.87. The van der Waals surface area contributed by atoms with Crippen molar-refractivity contribution in [1.29, 1.82) is 0 Å². The molecule has 25 heavy (non-hydrogen) atoms. The molecule has 3 heterocycles. The number of aromatic nitrogens is 4. The highest BCUT2D eigenvalue weighted by atomic mass is 16.3. The van der Waals surface area contributed by atoms with Gasteiger partial charge in [-0.3, -0.25) is 9.20 Å². The smallest absolute Gasteiger partial charge is 0.265 e. The number of rotatable bonds is 3. The first-order valence-electron chi connectivity index (χ1n) is 7.87. The van der Waals surface area contributed by atoms with Crippen LogP contribution in [0.3, 0.4) is 0 Å². The van der Waals surface area contributed by atoms with Crippen molar-refractivity contribution in [3.8, 4) is 0 Å². The minimum atomic E-state index is -0.392. The molecule has 126 valence electrons. The molecule has 0 radical (unpaired) electrons. The van der Waals surface area contributed by atoms with Crippen molar-refractivity contribution in [1.82, 2.24) is 18.9 Å². The SMILES string of the molecule is Cc1ccc2nc(Nc3ccc4c(c3)ncn4C)c(CO)c(=O)n2c1. The van der Waals surface area contributed by atoms with Gasteiger partial charge >= 0.3 is 0 Å². The lowest BCUT2D eigenvalue weighted by molar-refractivity contribution is 0.280. The molecular formula is C18H17N5O2. The summed E-state index contributed by atoms with van der Waals surface area (Å²) in [6.07, 6.45) is 3.46. The summed E-state index contributed by atoms with van der Waals surface area (Å²) < 4.78 is 3.38. The lowest BCUT2D eigenvalue weighted by atomic mass is 10.2. The number of nitrogens with one attached hydrogen (secondary N) is 1. The molecule has 0 aliphatic rings. The Hall–Kier alpha value is -3.19. The van der Waals surface area contributed by atoms with Crippen LogP contribution < -0.4 is 10.9 Å². The summed E-state index contributed by atoms with van der Waals surface area (Å²) in [7, 11) is 1.93. The largest absolute Gasteiger partial charge is 0.391 e. The standard InChI is InChI=1S/C18H17N5O2/c1-11-3-6-16-21-17(13(9-24)18(25)23(16)8-11)20-12-4-5-15-14(7-12)19-10-22(15)2/h3-8,10,20,24H,9H2,1-2H3. The van der Waals surface area contributed by atoms with E-state index < -0.39 is 6.61 Å². The van der Waals surface area contributed by atoms with Crippen molar-refractivity contribution in [2.75, 3.05) is 5.32 Å². The Morgan fingerprint density at radius 3 is 2.88 bits per heavy atom. The van der Waals surface area contributed by atoms with Gasteiger partial charge in [0.05, 0.1) is 29.5 Å². The monoisotopic (exact) mass is 335 g/mol. The molecule has 0 aliphatic heterocycles. The molecule has 0 amide bonds. The minimum Gasteiger partial charge on any atom is -0.391 e. The minimum absolute atomic E-state index is 0.226. The van der Waals surface area contributed by atoms with Crippen molar-refractivity contribution < 1.29 is 5.11 Å². The van der Waals surface area contributed by atoms with Gasteiger partial charge in [-0.1, -0.05) is 6.07 Å². The number of anilines is 2. The maximum Gasteiger partial charge on any atom is 0.265 e. The van der Waals surface area contributed by atoms with Crippen LogP contribution in [-0.2, 0) is 13.7 Å². The fraction of sp³-hybridized carbons (Fsp3) is 0.167. The highest BCUT2D eigenvalue weighted by Gasteiger charge is 2.13. The Bertz CT molecular complexity index is 1160. The van der Waals surface area contributed by atoms with Crippen LogP contribution in [0.5, 0.6) is 0 Å². The van der Waals surface area contributed by atoms with Gasteiger partial charge in [0, 0.05) is 18.9 Å². The topological polar surface area (TPSA) is 84.4 Å². The molecule has 3 aromatic heterocycles. The third-order valence-electron chi connectivity index (χ3n) is 4.21. The molecular weight excluding hydrogens is 318 g/mol. The average molecular weight is 335 g/mol. The van der Waals surface area contributed by atoms with Gasteiger partial charge in [-0.15, -0.1) is 0 Å². The highest BCUT2D eigenvalue weighted by molar-refractivity contribution is 5.80. The quantitative estimate of drug-likeness (QED) is 0.599. The number of nitrogens with zero attached hydrogens (tertiary/aromatic N) is 4. The average Bonchev–Trinajstić information content (AvgIpc) is 2.97. The second kappa shape index (κ2) is 5.71. The number of aryl methyl sites for hydroxylation is 2. The lowest BCUT2D eigenvalue weighted by Gasteiger charge is -2.12. The van der Waals surface area contributed by atoms with Crippen LogP contribution in [-0.4, -0.2) is 24.0 Å². The predicted molar refractivity (Wildman–Crippen MR) is 96.1 cm³/mol. The normalized spacial score (nSPS) is 11.3. The summed E-state index contributed by atoms with van der Waals surface area (Å²) in [6.45, 7) is 1.51. The van der Waals surface area contributed by atoms with Gasteiger partial charge in [-0.25, -0.2) is 9.97 Å². The van der Waals surface area contributed by atoms with Gasteiger partial charge in [0.2, 0.25) is 0 Å². The molecule has 0 bridgehead atoms. The van der Waals surface area contributed by atoms with E-state index in [1.807, 2.05) is 42.8 Å². The van der Waals surface area contributed by atoms with E-state index in [4.69, 9.17) is 0 Å². The van der Waals surface area contributed by atoms with Gasteiger partial charge in [-0.2, -0.15) is 0 Å². The van der Waals surface area contributed by atoms with Gasteiger partial charge < -0.3 is 15.0 Å². The maximum absolute atomic E-state index is 12.6. The molecule has 0 saturated heterocycles. The van der Waals surface area contributed by atoms with E-state index in [0.717, 1.165) is 22.3 Å². The number of imidazole rings is 1. The second-order valence-corrected chi connectivity index (χ2v) is 6.02. The van der Waals surface area contributed by atoms with E-state index in [9.17, 15) is 9.90 Å². The van der Waals surface area contributed by atoms with E-state index in [1.165, 1.54) is 4.40 Å². The predicted octanol–water partition coefficient (Wildman–Crippen LogP) is 2.13. The fourth-order valence-electron chi connectivity index (χ4n) is 2.88. The van der Waals surface area contributed by atoms with Gasteiger partial charge in [0.1, 0.15) is 11.5 Å². The molecule has 4 rings (SSSR count). The van der Waals surface area contributed by atoms with Crippen molar-refractivity contribution in [2.24, 2.45) is 7.05 Å². The third kappa shape index (κ3) is 2.54. The first kappa shape index (κ1) is 15.3. The van der Waals surface area contributed by atoms with E-state index >= 15 is 0 Å². The van der Waals surface area contributed by atoms with Crippen LogP contribution in [0, 0.1) is 6.92 Å². The highest BCUT2D eigenvalue weighted by Crippen LogP contribution is 2.22. The number of hydrogen-bond donors (Lipinski definition) is 2. The Kier molecular flexibility index (Phi) is 3.51. The molecule has 7 heteroatoms. The third-order valence-corrected chi connectivity index (χ3v) is 4.21. The summed E-state index contributed by atoms with van der Waals surface area (Å²) in [6, 6.07) is 9.40. The molecule has 0 unspecified atom stereocenters. The zero-order chi connectivity index (χ0) is 17.6. The van der Waals surface area contributed by atoms with Crippen LogP contribution in [0.2, 0.25) is 0 Å². The van der Waals surface area contributed by atoms with E-state index in [2.05, 4.69) is 15.3 Å². The van der Waals surface area contributed by atoms with Crippen molar-refractivity contribution in [2.45, 2.75) is 13.5 Å². The summed E-state index contributed by atoms with van der Waals surface area (Å²) in [5, 5.41) is 12.8. The number of hydrogen-bond acceptors (Lipinski definition) is 5. The van der Waals surface area contributed by atoms with Crippen molar-refractivity contribution in [3.05, 3.63) is 64.3 Å². The summed E-state index contributed by atoms with van der Waals surface area (Å²) in [4.78, 5) is 21.5. The van der Waals surface area contributed by atoms with Crippen molar-refractivity contribution in [3.63, 3.8) is 0 Å². The Labute approximate surface area is 143 Å². The zero-order valence-corrected chi connectivity index (χ0v) is 13.9. The summed E-state index contributed by atoms with van der Waals surface area (Å²) >= 11 is 0. The summed E-state index contributed by atoms with van der Waals surface area (Å²) in [5.41, 5.74) is 4.02. The Balaban J connectivity index is 1.84. The molecule has 0 spiro atoms. The van der Waals surface area contributed by atoms with E-state index in [1.54, 1.807) is 18.6 Å². The molecule has 2 N–H and O–H groups in total. The fourth-order valence-corrected chi connectivity index (χ4v) is 2.88. The number of aliphatic hydroxyl groups excluding tert-OH is 1. The van der Waals surface area contributed by atoms with Crippen LogP contribution in [0.1, 0.15) is 11.1 Å². The van der Waals surface area contributed by atoms with Crippen LogP contribution >= 0.6 is 0 Å². The zero-order valence-electron chi connectivity index (χ0n) is 13.9. The van der Waals surface area contributed by atoms with Gasteiger partial charge in [-0.05, 0) is 36.8 Å². The van der Waals surface area contributed by atoms with Crippen LogP contribution in [0.4, 0.5) is 11.5 Å². The Morgan fingerprint density at radius 1 is 1.24 bits per heavy atom. The molecule has 0 saturated carbocycles. The molecule has 7 nitrogen and oxygen atoms in total. The number of pyridine rings is 1. The maximum atomic E-state index is 12.6. The van der Waals surface area contributed by atoms with E-state index in [0.29, 0.717) is 11.5 Å². The van der Waals surface area contributed by atoms with Crippen LogP contribution in [0.15, 0.2) is 47.7 Å². The molecule has 0 aliphatic carbocycles. The summed E-state index contributed by atoms with van der Waals surface area (Å²) in [5.74, 6) is 0.353. The Morgan fingerprint density at radius 2 is 2.08 bits per heavy atom.